The summed E-state index contributed by atoms with van der Waals surface area (Å²) in [5, 5.41) is 10.9. The highest BCUT2D eigenvalue weighted by Crippen LogP contribution is 2.23. The van der Waals surface area contributed by atoms with Crippen molar-refractivity contribution < 1.29 is 4.79 Å². The van der Waals surface area contributed by atoms with Crippen LogP contribution in [0.5, 0.6) is 0 Å². The maximum atomic E-state index is 12.2. The van der Waals surface area contributed by atoms with E-state index in [1.54, 1.807) is 11.8 Å². The fraction of sp³-hybridized carbons (Fsp3) is 0.286. The monoisotopic (exact) mass is 380 g/mol. The van der Waals surface area contributed by atoms with Crippen molar-refractivity contribution in [2.45, 2.75) is 38.8 Å². The van der Waals surface area contributed by atoms with Crippen molar-refractivity contribution in [1.82, 2.24) is 15.2 Å². The van der Waals surface area contributed by atoms with E-state index in [0.29, 0.717) is 11.6 Å². The number of carbonyl (C=O) groups excluding carboxylic acids is 1. The number of amides is 1. The van der Waals surface area contributed by atoms with Gasteiger partial charge in [-0.2, -0.15) is 0 Å². The molecule has 2 N–H and O–H groups in total. The van der Waals surface area contributed by atoms with E-state index in [2.05, 4.69) is 39.6 Å². The van der Waals surface area contributed by atoms with Crippen LogP contribution in [0.15, 0.2) is 47.6 Å². The molecule has 27 heavy (non-hydrogen) atoms. The molecule has 0 unspecified atom stereocenters. The molecule has 0 atom stereocenters. The van der Waals surface area contributed by atoms with Gasteiger partial charge in [-0.15, -0.1) is 5.10 Å². The lowest BCUT2D eigenvalue weighted by Gasteiger charge is -2.12. The van der Waals surface area contributed by atoms with Crippen molar-refractivity contribution in [3.8, 4) is 11.4 Å². The van der Waals surface area contributed by atoms with Gasteiger partial charge >= 0.3 is 0 Å². The lowest BCUT2D eigenvalue weighted by Crippen LogP contribution is -2.13. The molecule has 0 fully saturated rings. The minimum atomic E-state index is 0.0469. The highest BCUT2D eigenvalue weighted by Gasteiger charge is 2.09. The number of benzene rings is 2. The second-order valence-corrected chi connectivity index (χ2v) is 7.67. The van der Waals surface area contributed by atoms with Crippen molar-refractivity contribution >= 4 is 23.4 Å². The number of aryl methyl sites for hydroxylation is 3. The van der Waals surface area contributed by atoms with Gasteiger partial charge in [0.05, 0.1) is 0 Å². The fourth-order valence-corrected chi connectivity index (χ4v) is 3.75. The molecule has 2 aromatic carbocycles. The normalized spacial score (nSPS) is 10.8. The van der Waals surface area contributed by atoms with Gasteiger partial charge in [0.1, 0.15) is 0 Å². The predicted octanol–water partition coefficient (Wildman–Crippen LogP) is 4.91. The summed E-state index contributed by atoms with van der Waals surface area (Å²) in [6.45, 7) is 6.12. The molecular formula is C21H24N4OS. The maximum absolute atomic E-state index is 12.2. The van der Waals surface area contributed by atoms with E-state index in [1.165, 1.54) is 5.56 Å². The summed E-state index contributed by atoms with van der Waals surface area (Å²) in [6.07, 6.45) is 1.26. The number of nitrogens with zero attached hydrogens (tertiary/aromatic N) is 2. The molecule has 140 valence electrons. The predicted molar refractivity (Wildman–Crippen MR) is 111 cm³/mol. The van der Waals surface area contributed by atoms with Gasteiger partial charge in [-0.1, -0.05) is 59.8 Å². The summed E-state index contributed by atoms with van der Waals surface area (Å²) >= 11 is 1.56. The summed E-state index contributed by atoms with van der Waals surface area (Å²) in [7, 11) is 0. The zero-order valence-electron chi connectivity index (χ0n) is 15.9. The summed E-state index contributed by atoms with van der Waals surface area (Å²) in [5.41, 5.74) is 5.36. The highest BCUT2D eigenvalue weighted by atomic mass is 32.2. The largest absolute Gasteiger partial charge is 0.326 e. The minimum absolute atomic E-state index is 0.0469. The zero-order valence-corrected chi connectivity index (χ0v) is 16.7. The van der Waals surface area contributed by atoms with Gasteiger partial charge in [0.15, 0.2) is 5.82 Å². The molecule has 1 heterocycles. The van der Waals surface area contributed by atoms with E-state index < -0.39 is 0 Å². The number of rotatable bonds is 7. The number of aromatic amines is 1. The van der Waals surface area contributed by atoms with Gasteiger partial charge in [-0.3, -0.25) is 9.89 Å². The Kier molecular flexibility index (Phi) is 6.29. The Bertz CT molecular complexity index is 898. The standard InChI is InChI=1S/C21H24N4OS/c1-14-12-15(2)19(16(3)13-14)22-18(26)10-7-11-27-21-23-20(24-25-21)17-8-5-4-6-9-17/h4-6,8-9,12-13H,7,10-11H2,1-3H3,(H,22,26)(H,23,24,25). The first-order valence-electron chi connectivity index (χ1n) is 9.01. The third-order valence-corrected chi connectivity index (χ3v) is 5.17. The van der Waals surface area contributed by atoms with Crippen LogP contribution >= 0.6 is 11.8 Å². The third kappa shape index (κ3) is 5.20. The first-order valence-corrected chi connectivity index (χ1v) is 10.00. The van der Waals surface area contributed by atoms with E-state index >= 15 is 0 Å². The average Bonchev–Trinajstić information content (AvgIpc) is 3.11. The Labute approximate surface area is 164 Å². The van der Waals surface area contributed by atoms with Crippen LogP contribution in [0.4, 0.5) is 5.69 Å². The zero-order chi connectivity index (χ0) is 19.2. The summed E-state index contributed by atoms with van der Waals surface area (Å²) in [4.78, 5) is 16.7. The Morgan fingerprint density at radius 1 is 1.11 bits per heavy atom. The number of hydrogen-bond donors (Lipinski definition) is 2. The number of aromatic nitrogens is 3. The van der Waals surface area contributed by atoms with E-state index in [9.17, 15) is 4.79 Å². The first-order chi connectivity index (χ1) is 13.0. The second kappa shape index (κ2) is 8.86. The molecule has 6 heteroatoms. The summed E-state index contributed by atoms with van der Waals surface area (Å²) < 4.78 is 0. The SMILES string of the molecule is Cc1cc(C)c(NC(=O)CCCSc2n[nH]c(-c3ccccc3)n2)c(C)c1. The average molecular weight is 381 g/mol. The van der Waals surface area contributed by atoms with Crippen molar-refractivity contribution in [1.29, 1.82) is 0 Å². The van der Waals surface area contributed by atoms with Crippen molar-refractivity contribution in [2.24, 2.45) is 0 Å². The number of thioether (sulfide) groups is 1. The van der Waals surface area contributed by atoms with Crippen LogP contribution in [0.2, 0.25) is 0 Å². The molecule has 0 saturated heterocycles. The molecule has 0 spiro atoms. The Morgan fingerprint density at radius 2 is 1.81 bits per heavy atom. The first kappa shape index (κ1) is 19.2. The Balaban J connectivity index is 1.45. The van der Waals surface area contributed by atoms with E-state index in [4.69, 9.17) is 0 Å². The highest BCUT2D eigenvalue weighted by molar-refractivity contribution is 7.99. The van der Waals surface area contributed by atoms with E-state index in [-0.39, 0.29) is 5.91 Å². The van der Waals surface area contributed by atoms with Gasteiger partial charge in [0.25, 0.3) is 0 Å². The Morgan fingerprint density at radius 3 is 2.52 bits per heavy atom. The molecule has 0 aliphatic rings. The molecule has 3 rings (SSSR count). The van der Waals surface area contributed by atoms with Crippen LogP contribution < -0.4 is 5.32 Å². The van der Waals surface area contributed by atoms with Crippen molar-refractivity contribution in [2.75, 3.05) is 11.1 Å². The quantitative estimate of drug-likeness (QED) is 0.451. The smallest absolute Gasteiger partial charge is 0.224 e. The lowest BCUT2D eigenvalue weighted by atomic mass is 10.0. The van der Waals surface area contributed by atoms with Crippen LogP contribution in [0, 0.1) is 20.8 Å². The maximum Gasteiger partial charge on any atom is 0.224 e. The molecule has 3 aromatic rings. The van der Waals surface area contributed by atoms with Crippen LogP contribution in [0.3, 0.4) is 0 Å². The van der Waals surface area contributed by atoms with Gasteiger partial charge in [-0.05, 0) is 38.3 Å². The van der Waals surface area contributed by atoms with Crippen LogP contribution in [-0.2, 0) is 4.79 Å². The van der Waals surface area contributed by atoms with E-state index in [0.717, 1.165) is 40.4 Å². The van der Waals surface area contributed by atoms with Gasteiger partial charge in [0.2, 0.25) is 11.1 Å². The number of nitrogens with one attached hydrogen (secondary N) is 2. The van der Waals surface area contributed by atoms with Crippen LogP contribution in [-0.4, -0.2) is 26.8 Å². The molecule has 0 radical (unpaired) electrons. The number of hydrogen-bond acceptors (Lipinski definition) is 4. The van der Waals surface area contributed by atoms with Crippen molar-refractivity contribution in [3.05, 3.63) is 59.2 Å². The number of H-pyrrole nitrogens is 1. The Hall–Kier alpha value is -2.60. The summed E-state index contributed by atoms with van der Waals surface area (Å²) in [5.74, 6) is 1.61. The van der Waals surface area contributed by atoms with Crippen LogP contribution in [0.25, 0.3) is 11.4 Å². The number of carbonyl (C=O) groups is 1. The number of anilines is 1. The van der Waals surface area contributed by atoms with Gasteiger partial charge < -0.3 is 5.32 Å². The van der Waals surface area contributed by atoms with Crippen molar-refractivity contribution in [3.63, 3.8) is 0 Å². The molecular weight excluding hydrogens is 356 g/mol. The topological polar surface area (TPSA) is 70.7 Å². The minimum Gasteiger partial charge on any atom is -0.326 e. The van der Waals surface area contributed by atoms with Crippen LogP contribution in [0.1, 0.15) is 29.5 Å². The third-order valence-electron chi connectivity index (χ3n) is 4.23. The second-order valence-electron chi connectivity index (χ2n) is 6.61. The molecule has 0 bridgehead atoms. The molecule has 0 aliphatic carbocycles. The molecule has 0 aliphatic heterocycles. The van der Waals surface area contributed by atoms with Gasteiger partial charge in [-0.25, -0.2) is 4.98 Å². The van der Waals surface area contributed by atoms with E-state index in [1.807, 2.05) is 44.2 Å². The molecule has 1 amide bonds. The molecule has 5 nitrogen and oxygen atoms in total. The molecule has 0 saturated carbocycles. The molecule has 1 aromatic heterocycles. The lowest BCUT2D eigenvalue weighted by molar-refractivity contribution is -0.116. The summed E-state index contributed by atoms with van der Waals surface area (Å²) in [6, 6.07) is 14.1. The van der Waals surface area contributed by atoms with Gasteiger partial charge in [0, 0.05) is 23.4 Å². The fourth-order valence-electron chi connectivity index (χ4n) is 3.01.